The highest BCUT2D eigenvalue weighted by atomic mass is 16.4. The molecule has 0 spiro atoms. The second-order valence-corrected chi connectivity index (χ2v) is 4.97. The Balaban J connectivity index is 2.54. The fourth-order valence-electron chi connectivity index (χ4n) is 2.42. The molecule has 1 aliphatic carbocycles. The fourth-order valence-corrected chi connectivity index (χ4v) is 2.42. The Morgan fingerprint density at radius 3 is 2.56 bits per heavy atom. The molecule has 0 aromatic heterocycles. The van der Waals surface area contributed by atoms with Crippen LogP contribution in [0.1, 0.15) is 45.4 Å². The van der Waals surface area contributed by atoms with E-state index in [0.29, 0.717) is 6.42 Å². The first-order chi connectivity index (χ1) is 8.47. The molecular weight excluding hydrogens is 232 g/mol. The third-order valence-corrected chi connectivity index (χ3v) is 3.23. The molecular formula is C13H20N2O3. The van der Waals surface area contributed by atoms with Crippen LogP contribution in [0.4, 0.5) is 4.79 Å². The number of carboxylic acids is 1. The maximum absolute atomic E-state index is 11.8. The Morgan fingerprint density at radius 2 is 2.06 bits per heavy atom. The molecule has 3 N–H and O–H groups in total. The van der Waals surface area contributed by atoms with E-state index in [2.05, 4.69) is 16.6 Å². The van der Waals surface area contributed by atoms with Crippen LogP contribution in [0.2, 0.25) is 0 Å². The molecule has 1 rings (SSSR count). The highest BCUT2D eigenvalue weighted by molar-refractivity contribution is 5.77. The predicted molar refractivity (Wildman–Crippen MR) is 68.0 cm³/mol. The maximum atomic E-state index is 11.8. The lowest BCUT2D eigenvalue weighted by atomic mass is 9.93. The van der Waals surface area contributed by atoms with Crippen molar-refractivity contribution in [2.75, 3.05) is 0 Å². The van der Waals surface area contributed by atoms with Crippen LogP contribution in [0.5, 0.6) is 0 Å². The number of hydrogen-bond donors (Lipinski definition) is 3. The van der Waals surface area contributed by atoms with Gasteiger partial charge in [-0.3, -0.25) is 4.79 Å². The molecule has 1 atom stereocenters. The summed E-state index contributed by atoms with van der Waals surface area (Å²) in [5.41, 5.74) is -0.591. The van der Waals surface area contributed by atoms with Gasteiger partial charge in [0, 0.05) is 12.5 Å². The largest absolute Gasteiger partial charge is 0.481 e. The fraction of sp³-hybridized carbons (Fsp3) is 0.692. The molecule has 0 saturated heterocycles. The number of carbonyl (C=O) groups excluding carboxylic acids is 1. The second-order valence-electron chi connectivity index (χ2n) is 4.97. The summed E-state index contributed by atoms with van der Waals surface area (Å²) in [5.74, 6) is 1.59. The Morgan fingerprint density at radius 1 is 1.44 bits per heavy atom. The number of rotatable bonds is 5. The summed E-state index contributed by atoms with van der Waals surface area (Å²) in [6, 6.07) is -0.445. The van der Waals surface area contributed by atoms with Crippen molar-refractivity contribution in [3.63, 3.8) is 0 Å². The average molecular weight is 252 g/mol. The molecule has 5 heteroatoms. The zero-order valence-electron chi connectivity index (χ0n) is 10.7. The van der Waals surface area contributed by atoms with E-state index >= 15 is 0 Å². The Hall–Kier alpha value is -1.70. The lowest BCUT2D eigenvalue weighted by Crippen LogP contribution is -2.53. The summed E-state index contributed by atoms with van der Waals surface area (Å²) < 4.78 is 0. The Kier molecular flexibility index (Phi) is 5.02. The summed E-state index contributed by atoms with van der Waals surface area (Å²) in [7, 11) is 0. The summed E-state index contributed by atoms with van der Waals surface area (Å²) in [4.78, 5) is 22.7. The molecule has 2 amide bonds. The van der Waals surface area contributed by atoms with E-state index in [0.717, 1.165) is 25.7 Å². The van der Waals surface area contributed by atoms with Crippen LogP contribution in [0.3, 0.4) is 0 Å². The monoisotopic (exact) mass is 252 g/mol. The van der Waals surface area contributed by atoms with Crippen molar-refractivity contribution in [1.82, 2.24) is 10.6 Å². The van der Waals surface area contributed by atoms with Gasteiger partial charge in [0.25, 0.3) is 0 Å². The first-order valence-corrected chi connectivity index (χ1v) is 6.21. The van der Waals surface area contributed by atoms with E-state index in [1.54, 1.807) is 0 Å². The number of urea groups is 1. The van der Waals surface area contributed by atoms with Crippen LogP contribution in [0.15, 0.2) is 0 Å². The summed E-state index contributed by atoms with van der Waals surface area (Å²) >= 11 is 0. The molecule has 100 valence electrons. The standard InChI is InChI=1S/C13H20N2O3/c1-3-6-10(2)14-12(18)15-13(9-11(16)17)7-4-5-8-13/h1,10H,4-9H2,2H3,(H,16,17)(H2,14,15,18). The van der Waals surface area contributed by atoms with Gasteiger partial charge in [0.05, 0.1) is 12.0 Å². The number of carboxylic acid groups (broad SMARTS) is 1. The molecule has 0 aromatic rings. The van der Waals surface area contributed by atoms with Gasteiger partial charge in [-0.1, -0.05) is 12.8 Å². The van der Waals surface area contributed by atoms with Crippen molar-refractivity contribution in [3.05, 3.63) is 0 Å². The first-order valence-electron chi connectivity index (χ1n) is 6.21. The normalized spacial score (nSPS) is 18.7. The van der Waals surface area contributed by atoms with Crippen LogP contribution in [0, 0.1) is 12.3 Å². The predicted octanol–water partition coefficient (Wildman–Crippen LogP) is 1.48. The molecule has 0 bridgehead atoms. The second kappa shape index (κ2) is 6.29. The zero-order chi connectivity index (χ0) is 13.6. The third kappa shape index (κ3) is 4.28. The molecule has 1 aliphatic rings. The quantitative estimate of drug-likeness (QED) is 0.648. The molecule has 18 heavy (non-hydrogen) atoms. The minimum atomic E-state index is -0.881. The molecule has 0 aromatic carbocycles. The summed E-state index contributed by atoms with van der Waals surface area (Å²) in [6.07, 6.45) is 8.94. The number of amides is 2. The van der Waals surface area contributed by atoms with E-state index in [-0.39, 0.29) is 18.5 Å². The van der Waals surface area contributed by atoms with Crippen molar-refractivity contribution in [2.45, 2.75) is 57.0 Å². The number of terminal acetylenes is 1. The molecule has 1 fully saturated rings. The zero-order valence-corrected chi connectivity index (χ0v) is 10.7. The van der Waals surface area contributed by atoms with Crippen LogP contribution in [0.25, 0.3) is 0 Å². The van der Waals surface area contributed by atoms with Crippen molar-refractivity contribution in [3.8, 4) is 12.3 Å². The Labute approximate surface area is 107 Å². The van der Waals surface area contributed by atoms with E-state index in [4.69, 9.17) is 11.5 Å². The molecule has 0 radical (unpaired) electrons. The molecule has 0 aliphatic heterocycles. The van der Waals surface area contributed by atoms with E-state index in [1.165, 1.54) is 0 Å². The smallest absolute Gasteiger partial charge is 0.315 e. The topological polar surface area (TPSA) is 78.4 Å². The highest BCUT2D eigenvalue weighted by Crippen LogP contribution is 2.32. The lowest BCUT2D eigenvalue weighted by Gasteiger charge is -2.29. The molecule has 5 nitrogen and oxygen atoms in total. The van der Waals surface area contributed by atoms with Crippen LogP contribution in [-0.4, -0.2) is 28.7 Å². The number of hydrogen-bond acceptors (Lipinski definition) is 2. The third-order valence-electron chi connectivity index (χ3n) is 3.23. The summed E-state index contributed by atoms with van der Waals surface area (Å²) in [6.45, 7) is 1.82. The number of aliphatic carboxylic acids is 1. The van der Waals surface area contributed by atoms with Gasteiger partial charge in [0.15, 0.2) is 0 Å². The van der Waals surface area contributed by atoms with E-state index < -0.39 is 11.5 Å². The SMILES string of the molecule is C#CCC(C)NC(=O)NC1(CC(=O)O)CCCC1. The van der Waals surface area contributed by atoms with Crippen LogP contribution < -0.4 is 10.6 Å². The van der Waals surface area contributed by atoms with Crippen molar-refractivity contribution < 1.29 is 14.7 Å². The number of carbonyl (C=O) groups is 2. The van der Waals surface area contributed by atoms with Gasteiger partial charge < -0.3 is 15.7 Å². The van der Waals surface area contributed by atoms with Gasteiger partial charge in [-0.2, -0.15) is 0 Å². The van der Waals surface area contributed by atoms with E-state index in [9.17, 15) is 9.59 Å². The minimum Gasteiger partial charge on any atom is -0.481 e. The van der Waals surface area contributed by atoms with Gasteiger partial charge in [-0.15, -0.1) is 12.3 Å². The van der Waals surface area contributed by atoms with Crippen LogP contribution in [-0.2, 0) is 4.79 Å². The summed E-state index contributed by atoms with van der Waals surface area (Å²) in [5, 5.41) is 14.5. The average Bonchev–Trinajstić information content (AvgIpc) is 2.64. The van der Waals surface area contributed by atoms with Gasteiger partial charge in [0.2, 0.25) is 0 Å². The lowest BCUT2D eigenvalue weighted by molar-refractivity contribution is -0.138. The number of nitrogens with one attached hydrogen (secondary N) is 2. The first kappa shape index (κ1) is 14.4. The van der Waals surface area contributed by atoms with Crippen LogP contribution >= 0.6 is 0 Å². The maximum Gasteiger partial charge on any atom is 0.315 e. The van der Waals surface area contributed by atoms with Crippen molar-refractivity contribution in [1.29, 1.82) is 0 Å². The Bertz CT molecular complexity index is 354. The molecule has 1 unspecified atom stereocenters. The van der Waals surface area contributed by atoms with Crippen molar-refractivity contribution in [2.24, 2.45) is 0 Å². The van der Waals surface area contributed by atoms with E-state index in [1.807, 2.05) is 6.92 Å². The molecule has 1 saturated carbocycles. The minimum absolute atomic E-state index is 0.0239. The van der Waals surface area contributed by atoms with Crippen molar-refractivity contribution >= 4 is 12.0 Å². The van der Waals surface area contributed by atoms with Gasteiger partial charge in [0.1, 0.15) is 0 Å². The van der Waals surface area contributed by atoms with Gasteiger partial charge >= 0.3 is 12.0 Å². The van der Waals surface area contributed by atoms with Gasteiger partial charge in [-0.25, -0.2) is 4.79 Å². The molecule has 0 heterocycles. The van der Waals surface area contributed by atoms with Gasteiger partial charge in [-0.05, 0) is 19.8 Å². The highest BCUT2D eigenvalue weighted by Gasteiger charge is 2.37.